The van der Waals surface area contributed by atoms with Crippen molar-refractivity contribution in [1.29, 1.82) is 0 Å². The van der Waals surface area contributed by atoms with Gasteiger partial charge in [-0.15, -0.1) is 0 Å². The third kappa shape index (κ3) is 2.94. The molecular weight excluding hydrogens is 360 g/mol. The topological polar surface area (TPSA) is 40.9 Å². The van der Waals surface area contributed by atoms with Crippen molar-refractivity contribution in [2.24, 2.45) is 5.92 Å². The van der Waals surface area contributed by atoms with Gasteiger partial charge in [0.2, 0.25) is 5.91 Å². The van der Waals surface area contributed by atoms with Crippen molar-refractivity contribution in [2.45, 2.75) is 25.7 Å². The SMILES string of the molecule is O=C(C1CCC1)N1CCCN(c2nc3cc(Cl)ccc3n3cccc23)CC1. The van der Waals surface area contributed by atoms with Crippen molar-refractivity contribution < 1.29 is 4.79 Å². The van der Waals surface area contributed by atoms with Gasteiger partial charge < -0.3 is 14.2 Å². The number of benzene rings is 1. The summed E-state index contributed by atoms with van der Waals surface area (Å²) in [5.74, 6) is 1.61. The Morgan fingerprint density at radius 2 is 1.93 bits per heavy atom. The maximum atomic E-state index is 12.6. The van der Waals surface area contributed by atoms with E-state index in [4.69, 9.17) is 16.6 Å². The molecule has 0 radical (unpaired) electrons. The number of hydrogen-bond donors (Lipinski definition) is 0. The average Bonchev–Trinajstić information content (AvgIpc) is 2.97. The van der Waals surface area contributed by atoms with E-state index in [1.165, 1.54) is 6.42 Å². The summed E-state index contributed by atoms with van der Waals surface area (Å²) in [6.45, 7) is 3.35. The molecule has 1 saturated heterocycles. The predicted octanol–water partition coefficient (Wildman–Crippen LogP) is 3.98. The Kier molecular flexibility index (Phi) is 4.20. The minimum atomic E-state index is 0.273. The molecule has 3 aromatic rings. The number of carbonyl (C=O) groups is 1. The standard InChI is InChI=1S/C21H23ClN4O/c22-16-7-8-18-17(14-16)23-20(19-6-2-11-26(18)19)24-9-3-10-25(13-12-24)21(27)15-4-1-5-15/h2,6-8,11,14-15H,1,3-5,9-10,12-13H2. The van der Waals surface area contributed by atoms with Crippen LogP contribution in [-0.4, -0.2) is 46.4 Å². The number of halogens is 1. The third-order valence-corrected chi connectivity index (χ3v) is 6.20. The lowest BCUT2D eigenvalue weighted by Crippen LogP contribution is -2.41. The molecule has 2 aliphatic rings. The molecule has 0 spiro atoms. The molecule has 3 heterocycles. The first-order chi connectivity index (χ1) is 13.2. The maximum absolute atomic E-state index is 12.6. The molecule has 1 aliphatic heterocycles. The summed E-state index contributed by atoms with van der Waals surface area (Å²) in [6.07, 6.45) is 6.38. The molecule has 0 atom stereocenters. The maximum Gasteiger partial charge on any atom is 0.225 e. The molecule has 27 heavy (non-hydrogen) atoms. The summed E-state index contributed by atoms with van der Waals surface area (Å²) >= 11 is 6.20. The van der Waals surface area contributed by atoms with Crippen molar-refractivity contribution in [2.75, 3.05) is 31.1 Å². The van der Waals surface area contributed by atoms with E-state index >= 15 is 0 Å². The van der Waals surface area contributed by atoms with Gasteiger partial charge in [0.15, 0.2) is 5.82 Å². The molecule has 5 nitrogen and oxygen atoms in total. The highest BCUT2D eigenvalue weighted by Crippen LogP contribution is 2.30. The van der Waals surface area contributed by atoms with Crippen LogP contribution in [0.3, 0.4) is 0 Å². The van der Waals surface area contributed by atoms with E-state index in [0.717, 1.165) is 67.8 Å². The summed E-state index contributed by atoms with van der Waals surface area (Å²) < 4.78 is 2.18. The van der Waals surface area contributed by atoms with E-state index in [-0.39, 0.29) is 5.92 Å². The van der Waals surface area contributed by atoms with Gasteiger partial charge in [0.25, 0.3) is 0 Å². The van der Waals surface area contributed by atoms with E-state index in [1.807, 2.05) is 18.2 Å². The number of fused-ring (bicyclic) bond motifs is 3. The predicted molar refractivity (Wildman–Crippen MR) is 108 cm³/mol. The molecule has 1 aromatic carbocycles. The molecule has 0 N–H and O–H groups in total. The molecule has 2 fully saturated rings. The van der Waals surface area contributed by atoms with Crippen LogP contribution in [0, 0.1) is 5.92 Å². The first-order valence-corrected chi connectivity index (χ1v) is 10.2. The van der Waals surface area contributed by atoms with Gasteiger partial charge in [-0.25, -0.2) is 4.98 Å². The largest absolute Gasteiger partial charge is 0.353 e. The van der Waals surface area contributed by atoms with Crippen molar-refractivity contribution in [3.63, 3.8) is 0 Å². The third-order valence-electron chi connectivity index (χ3n) is 5.96. The van der Waals surface area contributed by atoms with Crippen LogP contribution in [0.1, 0.15) is 25.7 Å². The lowest BCUT2D eigenvalue weighted by atomic mass is 9.84. The summed E-state index contributed by atoms with van der Waals surface area (Å²) in [4.78, 5) is 22.0. The summed E-state index contributed by atoms with van der Waals surface area (Å²) in [6, 6.07) is 10.0. The molecule has 5 rings (SSSR count). The Hall–Kier alpha value is -2.27. The normalized spacial score (nSPS) is 18.7. The van der Waals surface area contributed by atoms with Gasteiger partial charge in [0.05, 0.1) is 16.6 Å². The first-order valence-electron chi connectivity index (χ1n) is 9.81. The number of nitrogens with zero attached hydrogens (tertiary/aromatic N) is 4. The van der Waals surface area contributed by atoms with Crippen molar-refractivity contribution in [1.82, 2.24) is 14.3 Å². The number of amides is 1. The fraction of sp³-hybridized carbons (Fsp3) is 0.429. The fourth-order valence-electron chi connectivity index (χ4n) is 4.23. The van der Waals surface area contributed by atoms with Crippen LogP contribution >= 0.6 is 11.6 Å². The average molecular weight is 383 g/mol. The van der Waals surface area contributed by atoms with Gasteiger partial charge in [-0.2, -0.15) is 0 Å². The lowest BCUT2D eigenvalue weighted by Gasteiger charge is -2.31. The first kappa shape index (κ1) is 16.9. The van der Waals surface area contributed by atoms with E-state index in [0.29, 0.717) is 10.9 Å². The molecule has 1 aliphatic carbocycles. The Balaban J connectivity index is 1.47. The number of anilines is 1. The Morgan fingerprint density at radius 1 is 1.04 bits per heavy atom. The fourth-order valence-corrected chi connectivity index (χ4v) is 4.40. The van der Waals surface area contributed by atoms with Crippen LogP contribution in [0.15, 0.2) is 36.5 Å². The van der Waals surface area contributed by atoms with Gasteiger partial charge in [0, 0.05) is 43.3 Å². The van der Waals surface area contributed by atoms with Crippen molar-refractivity contribution in [3.05, 3.63) is 41.6 Å². The zero-order chi connectivity index (χ0) is 18.4. The van der Waals surface area contributed by atoms with E-state index in [9.17, 15) is 4.79 Å². The highest BCUT2D eigenvalue weighted by Gasteiger charge is 2.30. The monoisotopic (exact) mass is 382 g/mol. The van der Waals surface area contributed by atoms with Gasteiger partial charge in [0.1, 0.15) is 0 Å². The Bertz CT molecular complexity index is 1010. The van der Waals surface area contributed by atoms with E-state index in [2.05, 4.69) is 32.5 Å². The van der Waals surface area contributed by atoms with Crippen LogP contribution in [0.5, 0.6) is 0 Å². The zero-order valence-electron chi connectivity index (χ0n) is 15.3. The van der Waals surface area contributed by atoms with Gasteiger partial charge in [-0.1, -0.05) is 18.0 Å². The highest BCUT2D eigenvalue weighted by molar-refractivity contribution is 6.31. The molecule has 1 amide bonds. The molecule has 0 bridgehead atoms. The quantitative estimate of drug-likeness (QED) is 0.673. The van der Waals surface area contributed by atoms with E-state index < -0.39 is 0 Å². The van der Waals surface area contributed by atoms with E-state index in [1.54, 1.807) is 0 Å². The second-order valence-electron chi connectivity index (χ2n) is 7.63. The van der Waals surface area contributed by atoms with Crippen molar-refractivity contribution >= 4 is 39.9 Å². The van der Waals surface area contributed by atoms with Crippen LogP contribution < -0.4 is 4.90 Å². The van der Waals surface area contributed by atoms with Gasteiger partial charge >= 0.3 is 0 Å². The second-order valence-corrected chi connectivity index (χ2v) is 8.06. The lowest BCUT2D eigenvalue weighted by molar-refractivity contribution is -0.137. The molecule has 6 heteroatoms. The van der Waals surface area contributed by atoms with Crippen LogP contribution in [0.4, 0.5) is 5.82 Å². The smallest absolute Gasteiger partial charge is 0.225 e. The van der Waals surface area contributed by atoms with Crippen LogP contribution in [-0.2, 0) is 4.79 Å². The minimum Gasteiger partial charge on any atom is -0.353 e. The molecule has 2 aromatic heterocycles. The zero-order valence-corrected chi connectivity index (χ0v) is 16.0. The van der Waals surface area contributed by atoms with Gasteiger partial charge in [-0.3, -0.25) is 4.79 Å². The van der Waals surface area contributed by atoms with Crippen LogP contribution in [0.25, 0.3) is 16.6 Å². The number of aromatic nitrogens is 2. The van der Waals surface area contributed by atoms with Gasteiger partial charge in [-0.05, 0) is 49.6 Å². The molecule has 0 unspecified atom stereocenters. The van der Waals surface area contributed by atoms with Crippen LogP contribution in [0.2, 0.25) is 5.02 Å². The molecule has 140 valence electrons. The number of rotatable bonds is 2. The molecule has 1 saturated carbocycles. The summed E-state index contributed by atoms with van der Waals surface area (Å²) in [5, 5.41) is 0.695. The number of carbonyl (C=O) groups excluding carboxylic acids is 1. The Labute approximate surface area is 163 Å². The summed E-state index contributed by atoms with van der Waals surface area (Å²) in [7, 11) is 0. The Morgan fingerprint density at radius 3 is 2.74 bits per heavy atom. The second kappa shape index (κ2) is 6.71. The summed E-state index contributed by atoms with van der Waals surface area (Å²) in [5.41, 5.74) is 3.05. The highest BCUT2D eigenvalue weighted by atomic mass is 35.5. The number of hydrogen-bond acceptors (Lipinski definition) is 3. The van der Waals surface area contributed by atoms with Crippen molar-refractivity contribution in [3.8, 4) is 0 Å². The molecular formula is C21H23ClN4O. The minimum absolute atomic E-state index is 0.273.